The van der Waals surface area contributed by atoms with Crippen LogP contribution in [-0.2, 0) is 9.59 Å². The number of nitrogens with zero attached hydrogens (tertiary/aromatic N) is 1. The van der Waals surface area contributed by atoms with Crippen molar-refractivity contribution in [3.63, 3.8) is 0 Å². The van der Waals surface area contributed by atoms with Gasteiger partial charge >= 0.3 is 11.9 Å². The first kappa shape index (κ1) is 32.9. The Kier molecular flexibility index (Phi) is 22.9. The standard InChI is InChI=1S/C29H57NO4/c1-4-7-10-11-12-13-14-15-16-17-18-19-20-22-26(21-8-5-2)30(25-9-6-3)27(29(33)34)23-24-28(31)32/h26-27H,4-25H2,1-3H3,(H,31,32)(H,33,34)/t26?,27-/m0/s1. The number of hydrogen-bond acceptors (Lipinski definition) is 3. The lowest BCUT2D eigenvalue weighted by atomic mass is 9.96. The number of carboxylic acid groups (broad SMARTS) is 2. The minimum atomic E-state index is -0.914. The van der Waals surface area contributed by atoms with E-state index in [1.807, 2.05) is 0 Å². The average Bonchev–Trinajstić information content (AvgIpc) is 2.80. The van der Waals surface area contributed by atoms with Crippen LogP contribution in [0.3, 0.4) is 0 Å². The Morgan fingerprint density at radius 3 is 1.47 bits per heavy atom. The molecule has 34 heavy (non-hydrogen) atoms. The van der Waals surface area contributed by atoms with Crippen LogP contribution in [0.2, 0.25) is 0 Å². The van der Waals surface area contributed by atoms with E-state index in [9.17, 15) is 14.7 Å². The monoisotopic (exact) mass is 483 g/mol. The first-order chi connectivity index (χ1) is 16.5. The molecule has 0 amide bonds. The van der Waals surface area contributed by atoms with Crippen molar-refractivity contribution in [2.45, 2.75) is 168 Å². The van der Waals surface area contributed by atoms with Crippen molar-refractivity contribution in [2.24, 2.45) is 0 Å². The molecule has 0 radical (unpaired) electrons. The largest absolute Gasteiger partial charge is 0.481 e. The highest BCUT2D eigenvalue weighted by molar-refractivity contribution is 5.75. The maximum atomic E-state index is 12.0. The van der Waals surface area contributed by atoms with Crippen molar-refractivity contribution in [3.05, 3.63) is 0 Å². The molecular weight excluding hydrogens is 426 g/mol. The smallest absolute Gasteiger partial charge is 0.320 e. The molecule has 0 aliphatic carbocycles. The van der Waals surface area contributed by atoms with Crippen LogP contribution in [0.4, 0.5) is 0 Å². The highest BCUT2D eigenvalue weighted by Gasteiger charge is 2.30. The second kappa shape index (κ2) is 23.6. The first-order valence-corrected chi connectivity index (χ1v) is 14.7. The molecule has 0 aromatic carbocycles. The Morgan fingerprint density at radius 2 is 1.03 bits per heavy atom. The number of carboxylic acids is 2. The van der Waals surface area contributed by atoms with Gasteiger partial charge < -0.3 is 10.2 Å². The molecule has 0 aromatic heterocycles. The van der Waals surface area contributed by atoms with Gasteiger partial charge in [0.05, 0.1) is 0 Å². The zero-order valence-corrected chi connectivity index (χ0v) is 22.9. The van der Waals surface area contributed by atoms with Gasteiger partial charge in [0.25, 0.3) is 0 Å². The summed E-state index contributed by atoms with van der Waals surface area (Å²) >= 11 is 0. The Balaban J connectivity index is 4.46. The van der Waals surface area contributed by atoms with Gasteiger partial charge in [-0.1, -0.05) is 124 Å². The summed E-state index contributed by atoms with van der Waals surface area (Å²) in [6.45, 7) is 7.32. The molecule has 0 bridgehead atoms. The molecule has 0 heterocycles. The molecule has 1 unspecified atom stereocenters. The van der Waals surface area contributed by atoms with E-state index in [4.69, 9.17) is 5.11 Å². The van der Waals surface area contributed by atoms with Gasteiger partial charge in [-0.15, -0.1) is 0 Å². The first-order valence-electron chi connectivity index (χ1n) is 14.7. The second-order valence-corrected chi connectivity index (χ2v) is 10.2. The summed E-state index contributed by atoms with van der Waals surface area (Å²) in [4.78, 5) is 25.3. The van der Waals surface area contributed by atoms with E-state index in [2.05, 4.69) is 25.7 Å². The van der Waals surface area contributed by atoms with Gasteiger partial charge in [-0.05, 0) is 32.2 Å². The Labute approximate surface area is 211 Å². The molecular formula is C29H57NO4. The van der Waals surface area contributed by atoms with Crippen LogP contribution >= 0.6 is 0 Å². The topological polar surface area (TPSA) is 77.8 Å². The fourth-order valence-corrected chi connectivity index (χ4v) is 4.94. The molecule has 0 saturated carbocycles. The van der Waals surface area contributed by atoms with Crippen molar-refractivity contribution >= 4 is 11.9 Å². The Morgan fingerprint density at radius 1 is 0.588 bits per heavy atom. The highest BCUT2D eigenvalue weighted by atomic mass is 16.4. The maximum absolute atomic E-state index is 12.0. The van der Waals surface area contributed by atoms with E-state index in [1.54, 1.807) is 0 Å². The summed E-state index contributed by atoms with van der Waals surface area (Å²) in [5.74, 6) is -1.78. The van der Waals surface area contributed by atoms with E-state index in [-0.39, 0.29) is 18.9 Å². The van der Waals surface area contributed by atoms with E-state index in [0.717, 1.165) is 51.5 Å². The van der Waals surface area contributed by atoms with E-state index >= 15 is 0 Å². The van der Waals surface area contributed by atoms with E-state index < -0.39 is 18.0 Å². The predicted octanol–water partition coefficient (Wildman–Crippen LogP) is 8.45. The normalized spacial score (nSPS) is 13.3. The van der Waals surface area contributed by atoms with Crippen LogP contribution in [0.1, 0.15) is 156 Å². The van der Waals surface area contributed by atoms with Crippen molar-refractivity contribution in [1.82, 2.24) is 4.90 Å². The fraction of sp³-hybridized carbons (Fsp3) is 0.931. The molecule has 0 rings (SSSR count). The third-order valence-corrected chi connectivity index (χ3v) is 7.09. The molecule has 0 saturated heterocycles. The summed E-state index contributed by atoms with van der Waals surface area (Å²) in [5, 5.41) is 19.0. The quantitative estimate of drug-likeness (QED) is 0.121. The molecule has 0 aliphatic rings. The molecule has 0 fully saturated rings. The number of hydrogen-bond donors (Lipinski definition) is 2. The molecule has 2 N–H and O–H groups in total. The van der Waals surface area contributed by atoms with Crippen molar-refractivity contribution in [2.75, 3.05) is 6.54 Å². The summed E-state index contributed by atoms with van der Waals surface area (Å²) in [6.07, 6.45) is 23.6. The van der Waals surface area contributed by atoms with Crippen molar-refractivity contribution in [3.8, 4) is 0 Å². The molecule has 5 heteroatoms. The summed E-state index contributed by atoms with van der Waals surface area (Å²) < 4.78 is 0. The predicted molar refractivity (Wildman–Crippen MR) is 144 cm³/mol. The third-order valence-electron chi connectivity index (χ3n) is 7.09. The van der Waals surface area contributed by atoms with Gasteiger partial charge in [0, 0.05) is 12.5 Å². The number of carbonyl (C=O) groups is 2. The van der Waals surface area contributed by atoms with Gasteiger partial charge in [0.1, 0.15) is 6.04 Å². The van der Waals surface area contributed by atoms with Crippen LogP contribution in [0, 0.1) is 0 Å². The van der Waals surface area contributed by atoms with Crippen LogP contribution in [0.15, 0.2) is 0 Å². The fourth-order valence-electron chi connectivity index (χ4n) is 4.94. The summed E-state index contributed by atoms with van der Waals surface area (Å²) in [6, 6.07) is -0.444. The van der Waals surface area contributed by atoms with Gasteiger partial charge in [-0.2, -0.15) is 0 Å². The van der Waals surface area contributed by atoms with Gasteiger partial charge in [0.2, 0.25) is 0 Å². The zero-order valence-electron chi connectivity index (χ0n) is 22.9. The van der Waals surface area contributed by atoms with Crippen molar-refractivity contribution in [1.29, 1.82) is 0 Å². The molecule has 2 atom stereocenters. The molecule has 5 nitrogen and oxygen atoms in total. The van der Waals surface area contributed by atoms with Gasteiger partial charge in [-0.3, -0.25) is 14.5 Å². The number of rotatable bonds is 26. The second-order valence-electron chi connectivity index (χ2n) is 10.2. The van der Waals surface area contributed by atoms with Crippen LogP contribution < -0.4 is 0 Å². The Bertz CT molecular complexity index is 483. The summed E-state index contributed by atoms with van der Waals surface area (Å²) in [5.41, 5.74) is 0. The minimum Gasteiger partial charge on any atom is -0.481 e. The van der Waals surface area contributed by atoms with E-state index in [0.29, 0.717) is 0 Å². The molecule has 0 aromatic rings. The molecule has 0 aliphatic heterocycles. The lowest BCUT2D eigenvalue weighted by molar-refractivity contribution is -0.145. The SMILES string of the molecule is CCCCCCCCCCCCCCCC(CCCC)N(CCCC)[C@@H](CCC(=O)O)C(=O)O. The third kappa shape index (κ3) is 18.3. The van der Waals surface area contributed by atoms with E-state index in [1.165, 1.54) is 77.0 Å². The minimum absolute atomic E-state index is 0.0845. The van der Waals surface area contributed by atoms with Gasteiger partial charge in [-0.25, -0.2) is 0 Å². The van der Waals surface area contributed by atoms with Crippen molar-refractivity contribution < 1.29 is 19.8 Å². The van der Waals surface area contributed by atoms with Crippen LogP contribution in [0.5, 0.6) is 0 Å². The number of unbranched alkanes of at least 4 members (excludes halogenated alkanes) is 14. The lowest BCUT2D eigenvalue weighted by Crippen LogP contribution is -2.48. The Hall–Kier alpha value is -1.10. The maximum Gasteiger partial charge on any atom is 0.320 e. The lowest BCUT2D eigenvalue weighted by Gasteiger charge is -2.36. The highest BCUT2D eigenvalue weighted by Crippen LogP contribution is 2.23. The van der Waals surface area contributed by atoms with Crippen LogP contribution in [-0.4, -0.2) is 45.7 Å². The zero-order chi connectivity index (χ0) is 25.4. The molecule has 0 spiro atoms. The van der Waals surface area contributed by atoms with Gasteiger partial charge in [0.15, 0.2) is 0 Å². The summed E-state index contributed by atoms with van der Waals surface area (Å²) in [7, 11) is 0. The molecule has 202 valence electrons. The average molecular weight is 484 g/mol. The number of aliphatic carboxylic acids is 2. The van der Waals surface area contributed by atoms with Crippen LogP contribution in [0.25, 0.3) is 0 Å².